The lowest BCUT2D eigenvalue weighted by atomic mass is 10.0. The Balaban J connectivity index is 1.38. The average Bonchev–Trinajstić information content (AvgIpc) is 3.37. The minimum atomic E-state index is 0.0167. The van der Waals surface area contributed by atoms with Gasteiger partial charge >= 0.3 is 0 Å². The van der Waals surface area contributed by atoms with Crippen LogP contribution in [0, 0.1) is 5.92 Å². The third-order valence-corrected chi connectivity index (χ3v) is 5.00. The number of hydrogen-bond donors (Lipinski definition) is 1. The topological polar surface area (TPSA) is 55.1 Å². The van der Waals surface area contributed by atoms with E-state index in [1.54, 1.807) is 0 Å². The predicted molar refractivity (Wildman–Crippen MR) is 94.8 cm³/mol. The lowest BCUT2D eigenvalue weighted by molar-refractivity contribution is -0.119. The SMILES string of the molecule is O=C(CSc1nc2ccccc2o1)NC(c1ccccc1)C1CC1. The molecule has 0 aliphatic heterocycles. The lowest BCUT2D eigenvalue weighted by Crippen LogP contribution is -2.31. The summed E-state index contributed by atoms with van der Waals surface area (Å²) < 4.78 is 5.64. The number of aromatic nitrogens is 1. The maximum atomic E-state index is 12.3. The van der Waals surface area contributed by atoms with E-state index in [0.29, 0.717) is 16.9 Å². The van der Waals surface area contributed by atoms with Gasteiger partial charge in [0, 0.05) is 0 Å². The van der Waals surface area contributed by atoms with Crippen LogP contribution in [0.3, 0.4) is 0 Å². The number of nitrogens with one attached hydrogen (secondary N) is 1. The van der Waals surface area contributed by atoms with Crippen molar-refractivity contribution in [2.45, 2.75) is 24.1 Å². The normalized spacial score (nSPS) is 15.3. The minimum Gasteiger partial charge on any atom is -0.431 e. The van der Waals surface area contributed by atoms with Crippen LogP contribution in [0.1, 0.15) is 24.4 Å². The van der Waals surface area contributed by atoms with Crippen molar-refractivity contribution in [2.75, 3.05) is 5.75 Å². The van der Waals surface area contributed by atoms with Gasteiger partial charge in [-0.3, -0.25) is 4.79 Å². The zero-order valence-corrected chi connectivity index (χ0v) is 14.0. The summed E-state index contributed by atoms with van der Waals surface area (Å²) in [6, 6.07) is 17.9. The van der Waals surface area contributed by atoms with Gasteiger partial charge in [-0.15, -0.1) is 0 Å². The van der Waals surface area contributed by atoms with E-state index in [-0.39, 0.29) is 11.9 Å². The molecular formula is C19H18N2O2S. The first-order valence-electron chi connectivity index (χ1n) is 8.12. The Kier molecular flexibility index (Phi) is 4.26. The van der Waals surface area contributed by atoms with E-state index < -0.39 is 0 Å². The second-order valence-corrected chi connectivity index (χ2v) is 6.96. The molecule has 2 aromatic carbocycles. The average molecular weight is 338 g/mol. The molecule has 1 aliphatic rings. The van der Waals surface area contributed by atoms with E-state index in [0.717, 1.165) is 11.1 Å². The number of carbonyl (C=O) groups excluding carboxylic acids is 1. The summed E-state index contributed by atoms with van der Waals surface area (Å²) in [5, 5.41) is 3.71. The Labute approximate surface area is 144 Å². The van der Waals surface area contributed by atoms with E-state index in [1.165, 1.54) is 30.2 Å². The number of benzene rings is 2. The van der Waals surface area contributed by atoms with E-state index in [2.05, 4.69) is 22.4 Å². The number of hydrogen-bond acceptors (Lipinski definition) is 4. The minimum absolute atomic E-state index is 0.0167. The number of rotatable bonds is 6. The van der Waals surface area contributed by atoms with E-state index in [4.69, 9.17) is 4.42 Å². The van der Waals surface area contributed by atoms with Crippen molar-refractivity contribution in [1.29, 1.82) is 0 Å². The van der Waals surface area contributed by atoms with Crippen molar-refractivity contribution in [3.05, 3.63) is 60.2 Å². The number of amides is 1. The van der Waals surface area contributed by atoms with Gasteiger partial charge in [-0.2, -0.15) is 0 Å². The first-order chi connectivity index (χ1) is 11.8. The van der Waals surface area contributed by atoms with Crippen LogP contribution < -0.4 is 5.32 Å². The van der Waals surface area contributed by atoms with Crippen LogP contribution in [0.4, 0.5) is 0 Å². The van der Waals surface area contributed by atoms with Crippen molar-refractivity contribution in [1.82, 2.24) is 10.3 Å². The first-order valence-corrected chi connectivity index (χ1v) is 9.11. The second-order valence-electron chi connectivity index (χ2n) is 6.03. The first kappa shape index (κ1) is 15.3. The summed E-state index contributed by atoms with van der Waals surface area (Å²) in [6.45, 7) is 0. The molecule has 0 radical (unpaired) electrons. The van der Waals surface area contributed by atoms with Crippen LogP contribution in [0.25, 0.3) is 11.1 Å². The molecule has 0 spiro atoms. The molecule has 1 aromatic heterocycles. The Bertz CT molecular complexity index is 810. The molecule has 1 aliphatic carbocycles. The fourth-order valence-electron chi connectivity index (χ4n) is 2.82. The van der Waals surface area contributed by atoms with Gasteiger partial charge in [-0.25, -0.2) is 4.98 Å². The third kappa shape index (κ3) is 3.46. The molecule has 1 N–H and O–H groups in total. The Morgan fingerprint density at radius 1 is 1.17 bits per heavy atom. The molecule has 1 saturated carbocycles. The van der Waals surface area contributed by atoms with E-state index >= 15 is 0 Å². The van der Waals surface area contributed by atoms with Crippen LogP contribution in [-0.4, -0.2) is 16.6 Å². The molecule has 1 atom stereocenters. The fourth-order valence-corrected chi connectivity index (χ4v) is 3.47. The van der Waals surface area contributed by atoms with Gasteiger partial charge in [0.15, 0.2) is 5.58 Å². The van der Waals surface area contributed by atoms with Crippen molar-refractivity contribution in [2.24, 2.45) is 5.92 Å². The van der Waals surface area contributed by atoms with Crippen molar-refractivity contribution in [3.63, 3.8) is 0 Å². The number of carbonyl (C=O) groups is 1. The Morgan fingerprint density at radius 3 is 2.67 bits per heavy atom. The molecule has 122 valence electrons. The van der Waals surface area contributed by atoms with Gasteiger partial charge in [0.05, 0.1) is 11.8 Å². The molecule has 0 bridgehead atoms. The summed E-state index contributed by atoms with van der Waals surface area (Å²) in [5.41, 5.74) is 2.75. The molecule has 1 amide bonds. The summed E-state index contributed by atoms with van der Waals surface area (Å²) >= 11 is 1.33. The smallest absolute Gasteiger partial charge is 0.257 e. The van der Waals surface area contributed by atoms with Crippen LogP contribution in [0.5, 0.6) is 0 Å². The zero-order chi connectivity index (χ0) is 16.4. The highest BCUT2D eigenvalue weighted by atomic mass is 32.2. The van der Waals surface area contributed by atoms with Gasteiger partial charge in [-0.05, 0) is 36.5 Å². The number of para-hydroxylation sites is 2. The zero-order valence-electron chi connectivity index (χ0n) is 13.1. The highest BCUT2D eigenvalue weighted by molar-refractivity contribution is 7.99. The van der Waals surface area contributed by atoms with Gasteiger partial charge < -0.3 is 9.73 Å². The molecule has 24 heavy (non-hydrogen) atoms. The van der Waals surface area contributed by atoms with Crippen molar-refractivity contribution in [3.8, 4) is 0 Å². The third-order valence-electron chi connectivity index (χ3n) is 4.17. The van der Waals surface area contributed by atoms with Crippen molar-refractivity contribution < 1.29 is 9.21 Å². The second kappa shape index (κ2) is 6.69. The van der Waals surface area contributed by atoms with E-state index in [1.807, 2.05) is 42.5 Å². The van der Waals surface area contributed by atoms with Gasteiger partial charge in [0.25, 0.3) is 5.22 Å². The van der Waals surface area contributed by atoms with Crippen LogP contribution in [-0.2, 0) is 4.79 Å². The van der Waals surface area contributed by atoms with E-state index in [9.17, 15) is 4.79 Å². The van der Waals surface area contributed by atoms with Gasteiger partial charge in [-0.1, -0.05) is 54.2 Å². The molecule has 3 aromatic rings. The molecule has 0 saturated heterocycles. The number of fused-ring (bicyclic) bond motifs is 1. The number of nitrogens with zero attached hydrogens (tertiary/aromatic N) is 1. The molecule has 1 heterocycles. The summed E-state index contributed by atoms with van der Waals surface area (Å²) in [6.07, 6.45) is 2.36. The maximum Gasteiger partial charge on any atom is 0.257 e. The maximum absolute atomic E-state index is 12.3. The molecule has 1 unspecified atom stereocenters. The summed E-state index contributed by atoms with van der Waals surface area (Å²) in [4.78, 5) is 16.7. The highest BCUT2D eigenvalue weighted by Crippen LogP contribution is 2.41. The standard InChI is InChI=1S/C19H18N2O2S/c22-17(12-24-19-20-15-8-4-5-9-16(15)23-19)21-18(14-10-11-14)13-6-2-1-3-7-13/h1-9,14,18H,10-12H2,(H,21,22). The molecular weight excluding hydrogens is 320 g/mol. The highest BCUT2D eigenvalue weighted by Gasteiger charge is 2.33. The van der Waals surface area contributed by atoms with Gasteiger partial charge in [0.1, 0.15) is 5.52 Å². The Hall–Kier alpha value is -2.27. The largest absolute Gasteiger partial charge is 0.431 e. The van der Waals surface area contributed by atoms with Crippen LogP contribution in [0.15, 0.2) is 64.2 Å². The molecule has 5 heteroatoms. The number of thioether (sulfide) groups is 1. The molecule has 1 fully saturated rings. The molecule has 4 rings (SSSR count). The van der Waals surface area contributed by atoms with Gasteiger partial charge in [0.2, 0.25) is 5.91 Å². The monoisotopic (exact) mass is 338 g/mol. The predicted octanol–water partition coefficient (Wildman–Crippen LogP) is 4.19. The van der Waals surface area contributed by atoms with Crippen LogP contribution >= 0.6 is 11.8 Å². The number of oxazole rings is 1. The summed E-state index contributed by atoms with van der Waals surface area (Å²) in [7, 11) is 0. The lowest BCUT2D eigenvalue weighted by Gasteiger charge is -2.18. The van der Waals surface area contributed by atoms with Crippen LogP contribution in [0.2, 0.25) is 0 Å². The quantitative estimate of drug-likeness (QED) is 0.685. The fraction of sp³-hybridized carbons (Fsp3) is 0.263. The summed E-state index contributed by atoms with van der Waals surface area (Å²) in [5.74, 6) is 0.886. The van der Waals surface area contributed by atoms with Crippen molar-refractivity contribution >= 4 is 28.8 Å². The molecule has 4 nitrogen and oxygen atoms in total. The Morgan fingerprint density at radius 2 is 1.92 bits per heavy atom.